The molecule has 1 N–H and O–H groups in total. The van der Waals surface area contributed by atoms with Gasteiger partial charge in [0.2, 0.25) is 5.91 Å². The summed E-state index contributed by atoms with van der Waals surface area (Å²) in [6.07, 6.45) is -0.0259. The fourth-order valence-corrected chi connectivity index (χ4v) is 3.77. The molecule has 3 rings (SSSR count). The summed E-state index contributed by atoms with van der Waals surface area (Å²) < 4.78 is 2.50. The topological polar surface area (TPSA) is 70.7 Å². The average molecular weight is 506 g/mol. The molecule has 3 aromatic rings. The van der Waals surface area contributed by atoms with Gasteiger partial charge in [-0.2, -0.15) is 10.4 Å². The van der Waals surface area contributed by atoms with Crippen LogP contribution in [0.2, 0.25) is 10.0 Å². The SMILES string of the molecule is CC(C)(C)NC(=O)Cc1nn(-c2ccc(Cl)cc2Cl)c(-c2ccc(Br)cc2)c1C#N. The molecular formula is C22H19BrCl2N4O. The maximum absolute atomic E-state index is 12.5. The predicted molar refractivity (Wildman–Crippen MR) is 123 cm³/mol. The molecule has 1 heterocycles. The molecule has 0 radical (unpaired) electrons. The molecule has 0 fully saturated rings. The Morgan fingerprint density at radius 2 is 1.87 bits per heavy atom. The summed E-state index contributed by atoms with van der Waals surface area (Å²) >= 11 is 15.9. The molecular weight excluding hydrogens is 487 g/mol. The van der Waals surface area contributed by atoms with E-state index in [0.29, 0.717) is 32.7 Å². The van der Waals surface area contributed by atoms with Gasteiger partial charge in [0.25, 0.3) is 0 Å². The average Bonchev–Trinajstić information content (AvgIpc) is 2.98. The van der Waals surface area contributed by atoms with Crippen LogP contribution in [0.25, 0.3) is 16.9 Å². The number of hydrogen-bond acceptors (Lipinski definition) is 3. The standard InChI is InChI=1S/C22H19BrCl2N4O/c1-22(2,3)27-20(30)11-18-16(12-26)21(13-4-6-14(23)7-5-13)29(28-18)19-9-8-15(24)10-17(19)25/h4-10H,11H2,1-3H3,(H,27,30). The van der Waals surface area contributed by atoms with Gasteiger partial charge in [-0.15, -0.1) is 0 Å². The summed E-state index contributed by atoms with van der Waals surface area (Å²) in [6, 6.07) is 14.8. The second-order valence-corrected chi connectivity index (χ2v) is 9.53. The minimum atomic E-state index is -0.388. The molecule has 1 aromatic heterocycles. The van der Waals surface area contributed by atoms with Gasteiger partial charge in [0.05, 0.1) is 28.5 Å². The highest BCUT2D eigenvalue weighted by Gasteiger charge is 2.24. The molecule has 5 nitrogen and oxygen atoms in total. The number of aromatic nitrogens is 2. The van der Waals surface area contributed by atoms with Gasteiger partial charge in [0, 0.05) is 20.6 Å². The third-order valence-corrected chi connectivity index (χ3v) is 5.23. The van der Waals surface area contributed by atoms with Crippen molar-refractivity contribution in [2.75, 3.05) is 0 Å². The Labute approximate surface area is 193 Å². The van der Waals surface area contributed by atoms with Crippen molar-refractivity contribution in [2.24, 2.45) is 0 Å². The van der Waals surface area contributed by atoms with Crippen molar-refractivity contribution in [3.05, 3.63) is 68.2 Å². The maximum atomic E-state index is 12.5. The quantitative estimate of drug-likeness (QED) is 0.477. The van der Waals surface area contributed by atoms with Crippen LogP contribution >= 0.6 is 39.1 Å². The highest BCUT2D eigenvalue weighted by atomic mass is 79.9. The van der Waals surface area contributed by atoms with Gasteiger partial charge in [-0.25, -0.2) is 4.68 Å². The molecule has 0 unspecified atom stereocenters. The van der Waals surface area contributed by atoms with E-state index >= 15 is 0 Å². The number of amides is 1. The fraction of sp³-hybridized carbons (Fsp3) is 0.227. The van der Waals surface area contributed by atoms with Crippen molar-refractivity contribution in [1.29, 1.82) is 5.26 Å². The Kier molecular flexibility index (Phi) is 6.56. The van der Waals surface area contributed by atoms with E-state index in [1.165, 1.54) is 0 Å². The van der Waals surface area contributed by atoms with Gasteiger partial charge in [-0.3, -0.25) is 4.79 Å². The first-order valence-electron chi connectivity index (χ1n) is 9.13. The summed E-state index contributed by atoms with van der Waals surface area (Å²) in [5, 5.41) is 18.3. The summed E-state index contributed by atoms with van der Waals surface area (Å²) in [5.74, 6) is -0.215. The van der Waals surface area contributed by atoms with E-state index in [4.69, 9.17) is 23.2 Å². The Balaban J connectivity index is 2.19. The number of carbonyl (C=O) groups is 1. The van der Waals surface area contributed by atoms with E-state index in [2.05, 4.69) is 32.4 Å². The highest BCUT2D eigenvalue weighted by molar-refractivity contribution is 9.10. The lowest BCUT2D eigenvalue weighted by atomic mass is 10.0. The van der Waals surface area contributed by atoms with E-state index in [9.17, 15) is 10.1 Å². The zero-order valence-corrected chi connectivity index (χ0v) is 19.7. The largest absolute Gasteiger partial charge is 0.351 e. The van der Waals surface area contributed by atoms with Crippen molar-refractivity contribution in [3.8, 4) is 23.0 Å². The first-order chi connectivity index (χ1) is 14.1. The van der Waals surface area contributed by atoms with Crippen molar-refractivity contribution in [2.45, 2.75) is 32.7 Å². The number of halogens is 3. The molecule has 0 saturated carbocycles. The van der Waals surface area contributed by atoms with Crippen molar-refractivity contribution < 1.29 is 4.79 Å². The van der Waals surface area contributed by atoms with Crippen LogP contribution in [-0.4, -0.2) is 21.2 Å². The van der Waals surface area contributed by atoms with Gasteiger partial charge < -0.3 is 5.32 Å². The first-order valence-corrected chi connectivity index (χ1v) is 10.7. The van der Waals surface area contributed by atoms with Crippen LogP contribution in [0.3, 0.4) is 0 Å². The molecule has 8 heteroatoms. The predicted octanol–water partition coefficient (Wildman–Crippen LogP) is 5.94. The molecule has 0 aliphatic rings. The Hall–Kier alpha value is -2.33. The van der Waals surface area contributed by atoms with Crippen LogP contribution in [-0.2, 0) is 11.2 Å². The molecule has 0 aliphatic carbocycles. The number of hydrogen-bond donors (Lipinski definition) is 1. The molecule has 0 aliphatic heterocycles. The number of carbonyl (C=O) groups excluding carboxylic acids is 1. The Morgan fingerprint density at radius 3 is 2.43 bits per heavy atom. The molecule has 30 heavy (non-hydrogen) atoms. The first kappa shape index (κ1) is 22.4. The monoisotopic (exact) mass is 504 g/mol. The van der Waals surface area contributed by atoms with Gasteiger partial charge >= 0.3 is 0 Å². The number of nitrogens with zero attached hydrogens (tertiary/aromatic N) is 3. The molecule has 1 amide bonds. The molecule has 154 valence electrons. The van der Waals surface area contributed by atoms with Gasteiger partial charge in [-0.1, -0.05) is 51.3 Å². The number of benzene rings is 2. The lowest BCUT2D eigenvalue weighted by Gasteiger charge is -2.20. The smallest absolute Gasteiger partial charge is 0.226 e. The van der Waals surface area contributed by atoms with Gasteiger partial charge in [0.1, 0.15) is 11.6 Å². The third kappa shape index (κ3) is 5.04. The zero-order chi connectivity index (χ0) is 22.1. The lowest BCUT2D eigenvalue weighted by molar-refractivity contribution is -0.121. The fourth-order valence-electron chi connectivity index (χ4n) is 3.02. The van der Waals surface area contributed by atoms with Crippen LogP contribution in [0.15, 0.2) is 46.9 Å². The molecule has 0 spiro atoms. The van der Waals surface area contributed by atoms with Gasteiger partial charge in [0.15, 0.2) is 0 Å². The number of rotatable bonds is 4. The summed E-state index contributed by atoms with van der Waals surface area (Å²) in [4.78, 5) is 12.5. The molecule has 0 bridgehead atoms. The van der Waals surface area contributed by atoms with E-state index in [1.54, 1.807) is 22.9 Å². The van der Waals surface area contributed by atoms with Crippen LogP contribution < -0.4 is 5.32 Å². The summed E-state index contributed by atoms with van der Waals surface area (Å²) in [6.45, 7) is 5.69. The van der Waals surface area contributed by atoms with E-state index < -0.39 is 0 Å². The van der Waals surface area contributed by atoms with Gasteiger partial charge in [-0.05, 0) is 51.1 Å². The molecule has 0 saturated heterocycles. The highest BCUT2D eigenvalue weighted by Crippen LogP contribution is 2.33. The number of nitriles is 1. The van der Waals surface area contributed by atoms with Crippen LogP contribution in [0.1, 0.15) is 32.0 Å². The Bertz CT molecular complexity index is 1140. The van der Waals surface area contributed by atoms with Crippen molar-refractivity contribution >= 4 is 45.0 Å². The zero-order valence-electron chi connectivity index (χ0n) is 16.6. The Morgan fingerprint density at radius 1 is 1.20 bits per heavy atom. The minimum absolute atomic E-state index is 0.0259. The third-order valence-electron chi connectivity index (χ3n) is 4.17. The number of nitrogens with one attached hydrogen (secondary N) is 1. The second-order valence-electron chi connectivity index (χ2n) is 7.77. The van der Waals surface area contributed by atoms with E-state index in [1.807, 2.05) is 45.0 Å². The van der Waals surface area contributed by atoms with E-state index in [0.717, 1.165) is 10.0 Å². The van der Waals surface area contributed by atoms with Crippen LogP contribution in [0.4, 0.5) is 0 Å². The molecule has 0 atom stereocenters. The maximum Gasteiger partial charge on any atom is 0.226 e. The summed E-state index contributed by atoms with van der Waals surface area (Å²) in [7, 11) is 0. The van der Waals surface area contributed by atoms with Crippen molar-refractivity contribution in [3.63, 3.8) is 0 Å². The second kappa shape index (κ2) is 8.81. The minimum Gasteiger partial charge on any atom is -0.351 e. The van der Waals surface area contributed by atoms with Crippen LogP contribution in [0.5, 0.6) is 0 Å². The lowest BCUT2D eigenvalue weighted by Crippen LogP contribution is -2.41. The normalized spacial score (nSPS) is 11.2. The van der Waals surface area contributed by atoms with Crippen LogP contribution in [0, 0.1) is 11.3 Å². The van der Waals surface area contributed by atoms with Crippen molar-refractivity contribution in [1.82, 2.24) is 15.1 Å². The summed E-state index contributed by atoms with van der Waals surface area (Å²) in [5.41, 5.74) is 2.22. The van der Waals surface area contributed by atoms with E-state index in [-0.39, 0.29) is 17.9 Å². The molecule has 2 aromatic carbocycles.